The topological polar surface area (TPSA) is 46.2 Å². The van der Waals surface area contributed by atoms with Gasteiger partial charge in [0, 0.05) is 11.6 Å². The van der Waals surface area contributed by atoms with E-state index in [0.29, 0.717) is 5.82 Å². The number of benzene rings is 1. The Morgan fingerprint density at radius 1 is 1.22 bits per heavy atom. The first-order valence-corrected chi connectivity index (χ1v) is 7.34. The van der Waals surface area contributed by atoms with Crippen LogP contribution >= 0.6 is 0 Å². The molecule has 4 nitrogen and oxygen atoms in total. The molecular formula is C18H20FN3O. The van der Waals surface area contributed by atoms with Gasteiger partial charge in [0.25, 0.3) is 0 Å². The highest BCUT2D eigenvalue weighted by atomic mass is 19.1. The lowest BCUT2D eigenvalue weighted by Crippen LogP contribution is -2.04. The van der Waals surface area contributed by atoms with Gasteiger partial charge in [-0.05, 0) is 37.3 Å². The van der Waals surface area contributed by atoms with Crippen LogP contribution in [0, 0.1) is 30.5 Å². The van der Waals surface area contributed by atoms with Crippen LogP contribution in [0.3, 0.4) is 0 Å². The molecule has 0 unspecified atom stereocenters. The molecule has 2 aromatic rings. The standard InChI is InChI=1S/C18H20FN3O/c1-12(2)5-6-14-11-17(22-23-4)13(3)20-18(14)21-16-9-7-15(19)8-10-16/h7-12,22H,1-4H3,(H,20,21). The van der Waals surface area contributed by atoms with E-state index in [1.165, 1.54) is 12.1 Å². The summed E-state index contributed by atoms with van der Waals surface area (Å²) in [5.41, 5.74) is 5.81. The summed E-state index contributed by atoms with van der Waals surface area (Å²) in [4.78, 5) is 9.50. The van der Waals surface area contributed by atoms with Crippen molar-refractivity contribution in [1.82, 2.24) is 4.98 Å². The molecule has 0 saturated carbocycles. The number of hydrogen-bond acceptors (Lipinski definition) is 4. The van der Waals surface area contributed by atoms with Crippen molar-refractivity contribution >= 4 is 17.2 Å². The van der Waals surface area contributed by atoms with E-state index in [1.54, 1.807) is 19.2 Å². The minimum atomic E-state index is -0.279. The zero-order chi connectivity index (χ0) is 16.8. The number of pyridine rings is 1. The SMILES string of the molecule is CONc1cc(C#CC(C)C)c(Nc2ccc(F)cc2)nc1C. The predicted molar refractivity (Wildman–Crippen MR) is 91.0 cm³/mol. The molecule has 0 bridgehead atoms. The van der Waals surface area contributed by atoms with E-state index >= 15 is 0 Å². The molecule has 0 aliphatic carbocycles. The first-order valence-electron chi connectivity index (χ1n) is 7.34. The fraction of sp³-hybridized carbons (Fsp3) is 0.278. The van der Waals surface area contributed by atoms with Crippen molar-refractivity contribution in [2.45, 2.75) is 20.8 Å². The van der Waals surface area contributed by atoms with Gasteiger partial charge in [-0.2, -0.15) is 0 Å². The highest BCUT2D eigenvalue weighted by molar-refractivity contribution is 5.68. The van der Waals surface area contributed by atoms with Crippen molar-refractivity contribution in [1.29, 1.82) is 0 Å². The number of hydrogen-bond donors (Lipinski definition) is 2. The molecule has 1 aromatic carbocycles. The largest absolute Gasteiger partial charge is 0.339 e. The van der Waals surface area contributed by atoms with Crippen LogP contribution in [0.2, 0.25) is 0 Å². The number of rotatable bonds is 4. The van der Waals surface area contributed by atoms with E-state index in [0.717, 1.165) is 22.6 Å². The van der Waals surface area contributed by atoms with E-state index in [2.05, 4.69) is 27.6 Å². The Morgan fingerprint density at radius 2 is 1.91 bits per heavy atom. The van der Waals surface area contributed by atoms with Gasteiger partial charge in [0.1, 0.15) is 11.6 Å². The molecule has 0 aliphatic rings. The van der Waals surface area contributed by atoms with Crippen LogP contribution in [0.25, 0.3) is 0 Å². The third-order valence-electron chi connectivity index (χ3n) is 3.03. The third kappa shape index (κ3) is 4.70. The first kappa shape index (κ1) is 16.8. The van der Waals surface area contributed by atoms with Crippen molar-refractivity contribution in [3.63, 3.8) is 0 Å². The molecule has 0 atom stereocenters. The highest BCUT2D eigenvalue weighted by Gasteiger charge is 2.09. The summed E-state index contributed by atoms with van der Waals surface area (Å²) >= 11 is 0. The van der Waals surface area contributed by atoms with Crippen LogP contribution in [0.15, 0.2) is 30.3 Å². The minimum Gasteiger partial charge on any atom is -0.339 e. The molecule has 0 saturated heterocycles. The fourth-order valence-corrected chi connectivity index (χ4v) is 1.90. The van der Waals surface area contributed by atoms with Crippen molar-refractivity contribution < 1.29 is 9.23 Å². The Bertz CT molecular complexity index is 730. The normalized spacial score (nSPS) is 10.2. The van der Waals surface area contributed by atoms with Gasteiger partial charge in [0.05, 0.1) is 24.1 Å². The number of halogens is 1. The number of nitrogens with zero attached hydrogens (tertiary/aromatic N) is 1. The van der Waals surface area contributed by atoms with Crippen LogP contribution < -0.4 is 10.8 Å². The summed E-state index contributed by atoms with van der Waals surface area (Å²) in [6, 6.07) is 8.00. The van der Waals surface area contributed by atoms with Crippen LogP contribution in [0.5, 0.6) is 0 Å². The monoisotopic (exact) mass is 313 g/mol. The molecule has 0 radical (unpaired) electrons. The van der Waals surface area contributed by atoms with Gasteiger partial charge < -0.3 is 5.32 Å². The predicted octanol–water partition coefficient (Wildman–Crippen LogP) is 4.25. The molecule has 0 amide bonds. The molecule has 120 valence electrons. The summed E-state index contributed by atoms with van der Waals surface area (Å²) in [5, 5.41) is 3.18. The molecule has 1 heterocycles. The van der Waals surface area contributed by atoms with Crippen molar-refractivity contribution in [3.8, 4) is 11.8 Å². The lowest BCUT2D eigenvalue weighted by molar-refractivity contribution is 0.270. The Morgan fingerprint density at radius 3 is 2.52 bits per heavy atom. The zero-order valence-electron chi connectivity index (χ0n) is 13.7. The second-order valence-electron chi connectivity index (χ2n) is 5.38. The molecule has 5 heteroatoms. The fourth-order valence-electron chi connectivity index (χ4n) is 1.90. The van der Waals surface area contributed by atoms with Gasteiger partial charge in [-0.15, -0.1) is 0 Å². The molecule has 23 heavy (non-hydrogen) atoms. The van der Waals surface area contributed by atoms with Crippen LogP contribution in [-0.4, -0.2) is 12.1 Å². The second kappa shape index (κ2) is 7.61. The van der Waals surface area contributed by atoms with Gasteiger partial charge in [0.2, 0.25) is 0 Å². The van der Waals surface area contributed by atoms with E-state index in [4.69, 9.17) is 4.84 Å². The average molecular weight is 313 g/mol. The first-order chi connectivity index (χ1) is 11.0. The smallest absolute Gasteiger partial charge is 0.146 e. The van der Waals surface area contributed by atoms with Gasteiger partial charge in [-0.3, -0.25) is 10.3 Å². The summed E-state index contributed by atoms with van der Waals surface area (Å²) in [6.45, 7) is 5.92. The summed E-state index contributed by atoms with van der Waals surface area (Å²) in [6.07, 6.45) is 0. The lowest BCUT2D eigenvalue weighted by Gasteiger charge is -2.13. The molecule has 0 fully saturated rings. The minimum absolute atomic E-state index is 0.244. The van der Waals surface area contributed by atoms with Crippen LogP contribution in [0.4, 0.5) is 21.6 Å². The second-order valence-corrected chi connectivity index (χ2v) is 5.38. The summed E-state index contributed by atoms with van der Waals surface area (Å²) in [7, 11) is 1.55. The van der Waals surface area contributed by atoms with Gasteiger partial charge in [-0.1, -0.05) is 25.7 Å². The Labute approximate surface area is 136 Å². The number of aromatic nitrogens is 1. The third-order valence-corrected chi connectivity index (χ3v) is 3.03. The summed E-state index contributed by atoms with van der Waals surface area (Å²) < 4.78 is 13.0. The molecule has 0 spiro atoms. The molecule has 0 aliphatic heterocycles. The van der Waals surface area contributed by atoms with Gasteiger partial charge >= 0.3 is 0 Å². The molecular weight excluding hydrogens is 293 g/mol. The van der Waals surface area contributed by atoms with Gasteiger partial charge in [0.15, 0.2) is 0 Å². The average Bonchev–Trinajstić information content (AvgIpc) is 2.51. The molecule has 2 rings (SSSR count). The van der Waals surface area contributed by atoms with Crippen LogP contribution in [0.1, 0.15) is 25.1 Å². The Balaban J connectivity index is 2.41. The Hall–Kier alpha value is -2.58. The number of anilines is 3. The van der Waals surface area contributed by atoms with Crippen molar-refractivity contribution in [2.24, 2.45) is 5.92 Å². The van der Waals surface area contributed by atoms with Crippen molar-refractivity contribution in [2.75, 3.05) is 17.9 Å². The highest BCUT2D eigenvalue weighted by Crippen LogP contribution is 2.24. The van der Waals surface area contributed by atoms with E-state index < -0.39 is 0 Å². The summed E-state index contributed by atoms with van der Waals surface area (Å²) in [5.74, 6) is 6.85. The van der Waals surface area contributed by atoms with Crippen molar-refractivity contribution in [3.05, 3.63) is 47.4 Å². The van der Waals surface area contributed by atoms with E-state index in [1.807, 2.05) is 26.8 Å². The van der Waals surface area contributed by atoms with E-state index in [9.17, 15) is 4.39 Å². The molecule has 2 N–H and O–H groups in total. The maximum atomic E-state index is 13.0. The quantitative estimate of drug-likeness (QED) is 0.654. The maximum Gasteiger partial charge on any atom is 0.146 e. The lowest BCUT2D eigenvalue weighted by atomic mass is 10.1. The number of nitrogens with one attached hydrogen (secondary N) is 2. The maximum absolute atomic E-state index is 13.0. The van der Waals surface area contributed by atoms with Gasteiger partial charge in [-0.25, -0.2) is 9.37 Å². The Kier molecular flexibility index (Phi) is 5.56. The van der Waals surface area contributed by atoms with E-state index in [-0.39, 0.29) is 11.7 Å². The zero-order valence-corrected chi connectivity index (χ0v) is 13.7. The molecule has 1 aromatic heterocycles. The number of aryl methyl sites for hydroxylation is 1. The van der Waals surface area contributed by atoms with Crippen LogP contribution in [-0.2, 0) is 4.84 Å².